The van der Waals surface area contributed by atoms with Crippen LogP contribution >= 0.6 is 0 Å². The number of aromatic nitrogens is 1. The molecular weight excluding hydrogens is 184 g/mol. The van der Waals surface area contributed by atoms with Gasteiger partial charge in [0.2, 0.25) is 0 Å². The smallest absolute Gasteiger partial charge is 0.0749 e. The van der Waals surface area contributed by atoms with E-state index in [0.29, 0.717) is 6.04 Å². The third-order valence-electron chi connectivity index (χ3n) is 3.10. The lowest BCUT2D eigenvalue weighted by molar-refractivity contribution is 0.651. The number of rotatable bonds is 1. The van der Waals surface area contributed by atoms with Crippen molar-refractivity contribution in [3.8, 4) is 0 Å². The number of para-hydroxylation sites is 1. The molecule has 0 spiro atoms. The minimum atomic E-state index is 0.503. The van der Waals surface area contributed by atoms with E-state index in [1.807, 2.05) is 12.3 Å². The Morgan fingerprint density at radius 3 is 3.00 bits per heavy atom. The quantitative estimate of drug-likeness (QED) is 0.762. The normalized spacial score (nSPS) is 20.9. The first kappa shape index (κ1) is 8.86. The van der Waals surface area contributed by atoms with Gasteiger partial charge in [-0.1, -0.05) is 24.3 Å². The molecule has 0 bridgehead atoms. The zero-order valence-electron chi connectivity index (χ0n) is 8.61. The number of benzene rings is 1. The summed E-state index contributed by atoms with van der Waals surface area (Å²) in [5.74, 6) is 0. The molecule has 2 nitrogen and oxygen atoms in total. The Bertz CT molecular complexity index is 467. The monoisotopic (exact) mass is 198 g/mol. The summed E-state index contributed by atoms with van der Waals surface area (Å²) >= 11 is 0. The molecule has 1 aromatic heterocycles. The average molecular weight is 198 g/mol. The van der Waals surface area contributed by atoms with Crippen molar-refractivity contribution < 1.29 is 0 Å². The molecule has 15 heavy (non-hydrogen) atoms. The molecule has 2 heterocycles. The summed E-state index contributed by atoms with van der Waals surface area (Å²) in [6, 6.07) is 11.1. The van der Waals surface area contributed by atoms with Crippen molar-refractivity contribution in [2.45, 2.75) is 18.9 Å². The molecule has 1 unspecified atom stereocenters. The first-order valence-corrected chi connectivity index (χ1v) is 5.52. The number of hydrogen-bond donors (Lipinski definition) is 1. The molecule has 1 atom stereocenters. The first-order chi connectivity index (χ1) is 7.45. The lowest BCUT2D eigenvalue weighted by Crippen LogP contribution is -2.13. The van der Waals surface area contributed by atoms with Crippen LogP contribution in [0, 0.1) is 0 Å². The fourth-order valence-corrected chi connectivity index (χ4v) is 2.36. The summed E-state index contributed by atoms with van der Waals surface area (Å²) in [6.07, 6.45) is 4.38. The van der Waals surface area contributed by atoms with Crippen molar-refractivity contribution in [3.63, 3.8) is 0 Å². The van der Waals surface area contributed by atoms with Crippen molar-refractivity contribution in [1.29, 1.82) is 0 Å². The molecule has 1 fully saturated rings. The number of fused-ring (bicyclic) bond motifs is 1. The van der Waals surface area contributed by atoms with E-state index in [4.69, 9.17) is 0 Å². The summed E-state index contributed by atoms with van der Waals surface area (Å²) in [4.78, 5) is 4.49. The summed E-state index contributed by atoms with van der Waals surface area (Å²) in [5.41, 5.74) is 2.50. The molecule has 3 rings (SSSR count). The van der Waals surface area contributed by atoms with Crippen molar-refractivity contribution in [2.24, 2.45) is 0 Å². The van der Waals surface area contributed by atoms with Crippen molar-refractivity contribution in [2.75, 3.05) is 6.54 Å². The summed E-state index contributed by atoms with van der Waals surface area (Å²) in [6.45, 7) is 1.13. The van der Waals surface area contributed by atoms with Crippen molar-refractivity contribution >= 4 is 10.9 Å². The van der Waals surface area contributed by atoms with Gasteiger partial charge in [0, 0.05) is 17.6 Å². The highest BCUT2D eigenvalue weighted by Crippen LogP contribution is 2.27. The van der Waals surface area contributed by atoms with E-state index in [1.54, 1.807) is 0 Å². The highest BCUT2D eigenvalue weighted by atomic mass is 14.9. The van der Waals surface area contributed by atoms with E-state index in [9.17, 15) is 0 Å². The molecule has 1 aliphatic heterocycles. The first-order valence-electron chi connectivity index (χ1n) is 5.52. The zero-order valence-corrected chi connectivity index (χ0v) is 8.61. The standard InChI is InChI=1S/C13H14N2/c1-4-10-5-2-9-15-13(10)11(6-1)12-7-3-8-14-12/h1-2,4-6,9,12,14H,3,7-8H2. The van der Waals surface area contributed by atoms with Gasteiger partial charge in [0.1, 0.15) is 0 Å². The maximum Gasteiger partial charge on any atom is 0.0749 e. The molecule has 76 valence electrons. The van der Waals surface area contributed by atoms with Gasteiger partial charge in [-0.05, 0) is 31.0 Å². The molecule has 1 aliphatic rings. The Morgan fingerprint density at radius 1 is 1.20 bits per heavy atom. The third-order valence-corrected chi connectivity index (χ3v) is 3.10. The maximum absolute atomic E-state index is 4.49. The largest absolute Gasteiger partial charge is 0.310 e. The minimum Gasteiger partial charge on any atom is -0.310 e. The van der Waals surface area contributed by atoms with E-state index in [-0.39, 0.29) is 0 Å². The van der Waals surface area contributed by atoms with Gasteiger partial charge < -0.3 is 5.32 Å². The summed E-state index contributed by atoms with van der Waals surface area (Å²) in [5, 5.41) is 4.76. The topological polar surface area (TPSA) is 24.9 Å². The van der Waals surface area contributed by atoms with E-state index >= 15 is 0 Å². The zero-order chi connectivity index (χ0) is 10.1. The van der Waals surface area contributed by atoms with Crippen LogP contribution in [0.5, 0.6) is 0 Å². The van der Waals surface area contributed by atoms with E-state index in [0.717, 1.165) is 12.1 Å². The van der Waals surface area contributed by atoms with Crippen LogP contribution in [0.15, 0.2) is 36.5 Å². The molecular formula is C13H14N2. The Kier molecular flexibility index (Phi) is 2.14. The second-order valence-electron chi connectivity index (χ2n) is 4.07. The predicted octanol–water partition coefficient (Wildman–Crippen LogP) is 2.66. The number of nitrogens with zero attached hydrogens (tertiary/aromatic N) is 1. The Hall–Kier alpha value is -1.41. The van der Waals surface area contributed by atoms with Gasteiger partial charge in [-0.25, -0.2) is 0 Å². The Labute approximate surface area is 89.3 Å². The average Bonchev–Trinajstić information content (AvgIpc) is 2.82. The lowest BCUT2D eigenvalue weighted by Gasteiger charge is -2.12. The van der Waals surface area contributed by atoms with Crippen LogP contribution in [0.25, 0.3) is 10.9 Å². The lowest BCUT2D eigenvalue weighted by atomic mass is 10.0. The highest BCUT2D eigenvalue weighted by molar-refractivity contribution is 5.82. The van der Waals surface area contributed by atoms with Crippen LogP contribution in [0.3, 0.4) is 0 Å². The van der Waals surface area contributed by atoms with Gasteiger partial charge in [0.15, 0.2) is 0 Å². The van der Waals surface area contributed by atoms with Gasteiger partial charge >= 0.3 is 0 Å². The number of hydrogen-bond acceptors (Lipinski definition) is 2. The van der Waals surface area contributed by atoms with Crippen molar-refractivity contribution in [3.05, 3.63) is 42.1 Å². The second-order valence-corrected chi connectivity index (χ2v) is 4.07. The van der Waals surface area contributed by atoms with Crippen LogP contribution in [0.2, 0.25) is 0 Å². The van der Waals surface area contributed by atoms with E-state index in [2.05, 4.69) is 34.6 Å². The van der Waals surface area contributed by atoms with Crippen LogP contribution in [0.4, 0.5) is 0 Å². The number of nitrogens with one attached hydrogen (secondary N) is 1. The van der Waals surface area contributed by atoms with Crippen LogP contribution in [-0.2, 0) is 0 Å². The van der Waals surface area contributed by atoms with Gasteiger partial charge in [0.25, 0.3) is 0 Å². The van der Waals surface area contributed by atoms with Gasteiger partial charge in [-0.15, -0.1) is 0 Å². The Morgan fingerprint density at radius 2 is 2.13 bits per heavy atom. The molecule has 0 radical (unpaired) electrons. The van der Waals surface area contributed by atoms with E-state index < -0.39 is 0 Å². The Balaban J connectivity index is 2.16. The SMILES string of the molecule is c1cnc2c(C3CCCN3)cccc2c1. The molecule has 1 aromatic carbocycles. The molecule has 0 saturated carbocycles. The minimum absolute atomic E-state index is 0.503. The highest BCUT2D eigenvalue weighted by Gasteiger charge is 2.18. The fourth-order valence-electron chi connectivity index (χ4n) is 2.36. The molecule has 0 aliphatic carbocycles. The number of pyridine rings is 1. The molecule has 2 heteroatoms. The molecule has 1 saturated heterocycles. The third kappa shape index (κ3) is 1.51. The molecule has 0 amide bonds. The van der Waals surface area contributed by atoms with Gasteiger partial charge in [-0.3, -0.25) is 4.98 Å². The second kappa shape index (κ2) is 3.63. The predicted molar refractivity (Wildman–Crippen MR) is 61.7 cm³/mol. The van der Waals surface area contributed by atoms with Gasteiger partial charge in [-0.2, -0.15) is 0 Å². The van der Waals surface area contributed by atoms with Crippen LogP contribution < -0.4 is 5.32 Å². The van der Waals surface area contributed by atoms with Gasteiger partial charge in [0.05, 0.1) is 5.52 Å². The fraction of sp³-hybridized carbons (Fsp3) is 0.308. The van der Waals surface area contributed by atoms with Crippen molar-refractivity contribution in [1.82, 2.24) is 10.3 Å². The van der Waals surface area contributed by atoms with E-state index in [1.165, 1.54) is 23.8 Å². The molecule has 2 aromatic rings. The summed E-state index contributed by atoms with van der Waals surface area (Å²) < 4.78 is 0. The van der Waals surface area contributed by atoms with Crippen LogP contribution in [-0.4, -0.2) is 11.5 Å². The summed E-state index contributed by atoms with van der Waals surface area (Å²) in [7, 11) is 0. The molecule has 1 N–H and O–H groups in total. The van der Waals surface area contributed by atoms with Crippen LogP contribution in [0.1, 0.15) is 24.4 Å². The maximum atomic E-state index is 4.49.